The largest absolute Gasteiger partial charge is 0.361 e. The maximum Gasteiger partial charge on any atom is 0.234 e. The lowest BCUT2D eigenvalue weighted by atomic mass is 10.2. The Bertz CT molecular complexity index is 706. The lowest BCUT2D eigenvalue weighted by Crippen LogP contribution is -2.22. The fourth-order valence-corrected chi connectivity index (χ4v) is 3.08. The molecule has 0 unspecified atom stereocenters. The van der Waals surface area contributed by atoms with Gasteiger partial charge in [-0.1, -0.05) is 5.16 Å². The Balaban J connectivity index is 1.83. The van der Waals surface area contributed by atoms with Crippen LogP contribution in [0.1, 0.15) is 23.9 Å². The molecule has 0 aliphatic heterocycles. The molecule has 2 rings (SSSR count). The molecular formula is C17H21N3O3S. The number of anilines is 2. The van der Waals surface area contributed by atoms with Gasteiger partial charge in [-0.05, 0) is 38.1 Å². The maximum absolute atomic E-state index is 12.0. The quantitative estimate of drug-likeness (QED) is 0.869. The molecular weight excluding hydrogens is 326 g/mol. The van der Waals surface area contributed by atoms with Crippen LogP contribution >= 0.6 is 11.8 Å². The van der Waals surface area contributed by atoms with Crippen molar-refractivity contribution >= 4 is 35.0 Å². The Morgan fingerprint density at radius 3 is 2.46 bits per heavy atom. The van der Waals surface area contributed by atoms with E-state index in [1.807, 2.05) is 13.8 Å². The summed E-state index contributed by atoms with van der Waals surface area (Å²) in [5.41, 5.74) is 3.40. The number of aryl methyl sites for hydroxylation is 2. The van der Waals surface area contributed by atoms with Crippen LogP contribution in [0.2, 0.25) is 0 Å². The number of carbonyl (C=O) groups excluding carboxylic acids is 2. The van der Waals surface area contributed by atoms with Crippen LogP contribution in [0.5, 0.6) is 0 Å². The number of nitrogens with zero attached hydrogens (tertiary/aromatic N) is 2. The van der Waals surface area contributed by atoms with Gasteiger partial charge in [0.25, 0.3) is 0 Å². The predicted octanol–water partition coefficient (Wildman–Crippen LogP) is 3.15. The molecule has 0 bridgehead atoms. The highest BCUT2D eigenvalue weighted by atomic mass is 32.2. The Hall–Kier alpha value is -2.28. The van der Waals surface area contributed by atoms with Gasteiger partial charge in [-0.3, -0.25) is 9.59 Å². The Kier molecular flexibility index (Phi) is 6.03. The summed E-state index contributed by atoms with van der Waals surface area (Å²) in [5.74, 6) is 1.73. The zero-order chi connectivity index (χ0) is 17.7. The minimum Gasteiger partial charge on any atom is -0.361 e. The summed E-state index contributed by atoms with van der Waals surface area (Å²) in [6.45, 7) is 5.27. The predicted molar refractivity (Wildman–Crippen MR) is 96.3 cm³/mol. The summed E-state index contributed by atoms with van der Waals surface area (Å²) in [6, 6.07) is 7.17. The minimum absolute atomic E-state index is 0.0393. The van der Waals surface area contributed by atoms with Crippen molar-refractivity contribution < 1.29 is 14.1 Å². The molecule has 1 aromatic heterocycles. The fourth-order valence-electron chi connectivity index (χ4n) is 2.10. The van der Waals surface area contributed by atoms with Crippen molar-refractivity contribution in [2.24, 2.45) is 0 Å². The van der Waals surface area contributed by atoms with E-state index in [0.29, 0.717) is 17.2 Å². The van der Waals surface area contributed by atoms with Crippen LogP contribution in [0, 0.1) is 13.8 Å². The molecule has 2 amide bonds. The standard InChI is InChI=1S/C17H21N3O3S/c1-11-16(12(2)23-19-11)9-24-10-17(22)18-14-5-7-15(8-6-14)20(4)13(3)21/h5-8H,9-10H2,1-4H3,(H,18,22). The molecule has 7 heteroatoms. The van der Waals surface area contributed by atoms with E-state index in [1.165, 1.54) is 18.7 Å². The van der Waals surface area contributed by atoms with Crippen molar-refractivity contribution in [3.63, 3.8) is 0 Å². The molecule has 1 heterocycles. The van der Waals surface area contributed by atoms with E-state index in [4.69, 9.17) is 4.52 Å². The van der Waals surface area contributed by atoms with Gasteiger partial charge in [0.15, 0.2) is 0 Å². The van der Waals surface area contributed by atoms with E-state index < -0.39 is 0 Å². The molecule has 0 fully saturated rings. The van der Waals surface area contributed by atoms with Crippen molar-refractivity contribution in [3.05, 3.63) is 41.3 Å². The van der Waals surface area contributed by atoms with Crippen LogP contribution in [-0.2, 0) is 15.3 Å². The van der Waals surface area contributed by atoms with E-state index in [9.17, 15) is 9.59 Å². The number of rotatable bonds is 6. The maximum atomic E-state index is 12.0. The molecule has 24 heavy (non-hydrogen) atoms. The normalized spacial score (nSPS) is 10.5. The topological polar surface area (TPSA) is 75.4 Å². The number of benzene rings is 1. The average Bonchev–Trinajstić information content (AvgIpc) is 2.86. The minimum atomic E-state index is -0.0700. The second kappa shape index (κ2) is 8.01. The van der Waals surface area contributed by atoms with E-state index in [1.54, 1.807) is 36.2 Å². The van der Waals surface area contributed by atoms with Crippen LogP contribution in [0.4, 0.5) is 11.4 Å². The second-order valence-electron chi connectivity index (χ2n) is 5.47. The van der Waals surface area contributed by atoms with Gasteiger partial charge in [-0.2, -0.15) is 0 Å². The van der Waals surface area contributed by atoms with E-state index in [0.717, 1.165) is 22.7 Å². The third kappa shape index (κ3) is 4.61. The SMILES string of the molecule is CC(=O)N(C)c1ccc(NC(=O)CSCc2c(C)noc2C)cc1. The first-order valence-corrected chi connectivity index (χ1v) is 8.67. The first kappa shape index (κ1) is 18.1. The highest BCUT2D eigenvalue weighted by molar-refractivity contribution is 7.99. The highest BCUT2D eigenvalue weighted by Crippen LogP contribution is 2.20. The third-order valence-corrected chi connectivity index (χ3v) is 4.63. The molecule has 0 saturated carbocycles. The zero-order valence-corrected chi connectivity index (χ0v) is 15.1. The highest BCUT2D eigenvalue weighted by Gasteiger charge is 2.10. The first-order valence-electron chi connectivity index (χ1n) is 7.52. The van der Waals surface area contributed by atoms with Gasteiger partial charge < -0.3 is 14.7 Å². The summed E-state index contributed by atoms with van der Waals surface area (Å²) in [5, 5.41) is 6.74. The molecule has 0 radical (unpaired) electrons. The lowest BCUT2D eigenvalue weighted by molar-refractivity contribution is -0.116. The van der Waals surface area contributed by atoms with Crippen molar-refractivity contribution in [3.8, 4) is 0 Å². The number of nitrogens with one attached hydrogen (secondary N) is 1. The van der Waals surface area contributed by atoms with Gasteiger partial charge in [0.2, 0.25) is 11.8 Å². The van der Waals surface area contributed by atoms with Crippen LogP contribution in [0.3, 0.4) is 0 Å². The van der Waals surface area contributed by atoms with Crippen molar-refractivity contribution in [2.45, 2.75) is 26.5 Å². The number of hydrogen-bond acceptors (Lipinski definition) is 5. The third-order valence-electron chi connectivity index (χ3n) is 3.67. The molecule has 0 saturated heterocycles. The van der Waals surface area contributed by atoms with Gasteiger partial charge in [0, 0.05) is 36.7 Å². The smallest absolute Gasteiger partial charge is 0.234 e. The second-order valence-corrected chi connectivity index (χ2v) is 6.45. The molecule has 2 aromatic rings. The fraction of sp³-hybridized carbons (Fsp3) is 0.353. The summed E-state index contributed by atoms with van der Waals surface area (Å²) in [7, 11) is 1.71. The Morgan fingerprint density at radius 1 is 1.25 bits per heavy atom. The van der Waals surface area contributed by atoms with E-state index in [-0.39, 0.29) is 11.8 Å². The number of aromatic nitrogens is 1. The molecule has 0 atom stereocenters. The van der Waals surface area contributed by atoms with Gasteiger partial charge in [0.05, 0.1) is 11.4 Å². The van der Waals surface area contributed by atoms with Crippen molar-refractivity contribution in [1.29, 1.82) is 0 Å². The molecule has 1 N–H and O–H groups in total. The number of hydrogen-bond donors (Lipinski definition) is 1. The van der Waals surface area contributed by atoms with Crippen LogP contribution < -0.4 is 10.2 Å². The summed E-state index contributed by atoms with van der Waals surface area (Å²) < 4.78 is 5.10. The zero-order valence-electron chi connectivity index (χ0n) is 14.3. The summed E-state index contributed by atoms with van der Waals surface area (Å²) in [4.78, 5) is 24.9. The monoisotopic (exact) mass is 347 g/mol. The van der Waals surface area contributed by atoms with Crippen LogP contribution in [0.15, 0.2) is 28.8 Å². The average molecular weight is 347 g/mol. The molecule has 1 aromatic carbocycles. The molecule has 0 spiro atoms. The van der Waals surface area contributed by atoms with Crippen molar-refractivity contribution in [1.82, 2.24) is 5.16 Å². The van der Waals surface area contributed by atoms with Crippen molar-refractivity contribution in [2.75, 3.05) is 23.0 Å². The van der Waals surface area contributed by atoms with Crippen LogP contribution in [-0.4, -0.2) is 29.8 Å². The molecule has 6 nitrogen and oxygen atoms in total. The summed E-state index contributed by atoms with van der Waals surface area (Å²) >= 11 is 1.51. The van der Waals surface area contributed by atoms with E-state index in [2.05, 4.69) is 10.5 Å². The first-order chi connectivity index (χ1) is 11.4. The number of thioether (sulfide) groups is 1. The molecule has 0 aliphatic carbocycles. The molecule has 128 valence electrons. The molecule has 0 aliphatic rings. The number of amides is 2. The number of carbonyl (C=O) groups is 2. The van der Waals surface area contributed by atoms with Gasteiger partial charge in [-0.15, -0.1) is 11.8 Å². The van der Waals surface area contributed by atoms with E-state index >= 15 is 0 Å². The summed E-state index contributed by atoms with van der Waals surface area (Å²) in [6.07, 6.45) is 0. The lowest BCUT2D eigenvalue weighted by Gasteiger charge is -2.15. The van der Waals surface area contributed by atoms with Crippen LogP contribution in [0.25, 0.3) is 0 Å². The van der Waals surface area contributed by atoms with Gasteiger partial charge in [0.1, 0.15) is 5.76 Å². The van der Waals surface area contributed by atoms with Gasteiger partial charge in [-0.25, -0.2) is 0 Å². The Morgan fingerprint density at radius 2 is 1.92 bits per heavy atom. The van der Waals surface area contributed by atoms with Gasteiger partial charge >= 0.3 is 0 Å². The Labute approximate surface area is 145 Å².